The fourth-order valence-electron chi connectivity index (χ4n) is 2.27. The number of amides is 1. The zero-order chi connectivity index (χ0) is 16.1. The van der Waals surface area contributed by atoms with Crippen LogP contribution in [0.3, 0.4) is 0 Å². The number of ether oxygens (including phenoxy) is 2. The summed E-state index contributed by atoms with van der Waals surface area (Å²) in [6.45, 7) is 2.00. The van der Waals surface area contributed by atoms with E-state index >= 15 is 0 Å². The van der Waals surface area contributed by atoms with Crippen LogP contribution in [-0.4, -0.2) is 65.1 Å². The van der Waals surface area contributed by atoms with Crippen LogP contribution in [0.4, 0.5) is 0 Å². The number of carbonyl (C=O) groups excluding carboxylic acids is 1. The standard InChI is InChI=1S/C15H21NO6/c1-2-21-15-13(19)12(18)11(17)10(22-15)8-16-14(20)9-6-4-3-5-7-9/h3-7,10-13,15,17-19H,2,8H2,1H3,(H,16,20)/t10-,11+,12+,13-,15+/m1/s1. The number of nitrogens with one attached hydrogen (secondary N) is 1. The van der Waals surface area contributed by atoms with Gasteiger partial charge < -0.3 is 30.1 Å². The Labute approximate surface area is 128 Å². The van der Waals surface area contributed by atoms with E-state index in [1.165, 1.54) is 0 Å². The molecule has 0 bridgehead atoms. The molecule has 7 nitrogen and oxygen atoms in total. The van der Waals surface area contributed by atoms with Crippen LogP contribution in [0.15, 0.2) is 30.3 Å². The van der Waals surface area contributed by atoms with E-state index in [1.807, 2.05) is 0 Å². The van der Waals surface area contributed by atoms with Crippen LogP contribution >= 0.6 is 0 Å². The van der Waals surface area contributed by atoms with Crippen LogP contribution in [0.2, 0.25) is 0 Å². The van der Waals surface area contributed by atoms with Crippen molar-refractivity contribution in [1.82, 2.24) is 5.32 Å². The lowest BCUT2D eigenvalue weighted by atomic mass is 9.98. The molecule has 1 aliphatic heterocycles. The monoisotopic (exact) mass is 311 g/mol. The molecule has 22 heavy (non-hydrogen) atoms. The van der Waals surface area contributed by atoms with Gasteiger partial charge in [0.2, 0.25) is 0 Å². The Kier molecular flexibility index (Phi) is 5.87. The molecule has 0 unspecified atom stereocenters. The van der Waals surface area contributed by atoms with Crippen LogP contribution in [0.1, 0.15) is 17.3 Å². The fraction of sp³-hybridized carbons (Fsp3) is 0.533. The van der Waals surface area contributed by atoms with Crippen molar-refractivity contribution in [3.8, 4) is 0 Å². The maximum atomic E-state index is 12.0. The van der Waals surface area contributed by atoms with Gasteiger partial charge in [-0.2, -0.15) is 0 Å². The van der Waals surface area contributed by atoms with Crippen LogP contribution in [0, 0.1) is 0 Å². The van der Waals surface area contributed by atoms with Crippen molar-refractivity contribution in [3.05, 3.63) is 35.9 Å². The second-order valence-corrected chi connectivity index (χ2v) is 5.05. The van der Waals surface area contributed by atoms with Gasteiger partial charge in [-0.25, -0.2) is 0 Å². The SMILES string of the molecule is CCO[C@H]1O[C@H](CNC(=O)c2ccccc2)[C@H](O)[C@H](O)[C@H]1O. The summed E-state index contributed by atoms with van der Waals surface area (Å²) in [5, 5.41) is 32.1. The predicted octanol–water partition coefficient (Wildman–Crippen LogP) is -0.740. The Balaban J connectivity index is 1.94. The van der Waals surface area contributed by atoms with Gasteiger partial charge in [0.25, 0.3) is 5.91 Å². The molecular weight excluding hydrogens is 290 g/mol. The summed E-state index contributed by atoms with van der Waals surface area (Å²) in [5.74, 6) is -0.315. The number of hydrogen-bond acceptors (Lipinski definition) is 6. The van der Waals surface area contributed by atoms with Crippen molar-refractivity contribution in [2.24, 2.45) is 0 Å². The molecule has 1 fully saturated rings. The summed E-state index contributed by atoms with van der Waals surface area (Å²) in [4.78, 5) is 12.0. The molecule has 1 aromatic carbocycles. The molecule has 7 heteroatoms. The van der Waals surface area contributed by atoms with Crippen LogP contribution in [0.5, 0.6) is 0 Å². The van der Waals surface area contributed by atoms with Crippen molar-refractivity contribution in [2.75, 3.05) is 13.2 Å². The molecule has 1 aromatic rings. The molecule has 5 atom stereocenters. The van der Waals surface area contributed by atoms with Gasteiger partial charge in [0.05, 0.1) is 0 Å². The smallest absolute Gasteiger partial charge is 0.251 e. The summed E-state index contributed by atoms with van der Waals surface area (Å²) >= 11 is 0. The van der Waals surface area contributed by atoms with Crippen LogP contribution in [0.25, 0.3) is 0 Å². The first kappa shape index (κ1) is 16.9. The van der Waals surface area contributed by atoms with Crippen molar-refractivity contribution in [3.63, 3.8) is 0 Å². The highest BCUT2D eigenvalue weighted by atomic mass is 16.7. The summed E-state index contributed by atoms with van der Waals surface area (Å²) in [6.07, 6.45) is -5.97. The van der Waals surface area contributed by atoms with Gasteiger partial charge in [-0.15, -0.1) is 0 Å². The van der Waals surface area contributed by atoms with E-state index in [0.717, 1.165) is 0 Å². The van der Waals surface area contributed by atoms with E-state index in [2.05, 4.69) is 5.32 Å². The minimum absolute atomic E-state index is 0.0117. The molecule has 2 rings (SSSR count). The summed E-state index contributed by atoms with van der Waals surface area (Å²) in [7, 11) is 0. The average molecular weight is 311 g/mol. The molecule has 0 saturated carbocycles. The van der Waals surface area contributed by atoms with Crippen molar-refractivity contribution in [1.29, 1.82) is 0 Å². The molecule has 1 heterocycles. The van der Waals surface area contributed by atoms with Crippen molar-refractivity contribution >= 4 is 5.91 Å². The third kappa shape index (κ3) is 3.82. The topological polar surface area (TPSA) is 108 Å². The number of carbonyl (C=O) groups is 1. The van der Waals surface area contributed by atoms with Gasteiger partial charge in [-0.3, -0.25) is 4.79 Å². The Bertz CT molecular complexity index is 482. The van der Waals surface area contributed by atoms with Crippen LogP contribution in [-0.2, 0) is 9.47 Å². The molecule has 1 saturated heterocycles. The first-order chi connectivity index (χ1) is 10.5. The third-order valence-electron chi connectivity index (χ3n) is 3.50. The van der Waals surface area contributed by atoms with Gasteiger partial charge in [0.1, 0.15) is 24.4 Å². The highest BCUT2D eigenvalue weighted by Crippen LogP contribution is 2.21. The second-order valence-electron chi connectivity index (χ2n) is 5.05. The Morgan fingerprint density at radius 1 is 1.18 bits per heavy atom. The first-order valence-corrected chi connectivity index (χ1v) is 7.19. The molecule has 122 valence electrons. The van der Waals surface area contributed by atoms with Gasteiger partial charge in [0, 0.05) is 18.7 Å². The molecule has 0 spiro atoms. The highest BCUT2D eigenvalue weighted by molar-refractivity contribution is 5.94. The lowest BCUT2D eigenvalue weighted by molar-refractivity contribution is -0.293. The van der Waals surface area contributed by atoms with Gasteiger partial charge in [-0.1, -0.05) is 18.2 Å². The van der Waals surface area contributed by atoms with Gasteiger partial charge >= 0.3 is 0 Å². The van der Waals surface area contributed by atoms with E-state index < -0.39 is 30.7 Å². The van der Waals surface area contributed by atoms with E-state index in [-0.39, 0.29) is 19.1 Å². The highest BCUT2D eigenvalue weighted by Gasteiger charge is 2.44. The van der Waals surface area contributed by atoms with Crippen LogP contribution < -0.4 is 5.32 Å². The van der Waals surface area contributed by atoms with Crippen molar-refractivity contribution < 1.29 is 29.6 Å². The largest absolute Gasteiger partial charge is 0.388 e. The lowest BCUT2D eigenvalue weighted by Crippen LogP contribution is -2.60. The van der Waals surface area contributed by atoms with E-state index in [1.54, 1.807) is 37.3 Å². The summed E-state index contributed by atoms with van der Waals surface area (Å²) < 4.78 is 10.6. The molecule has 1 amide bonds. The minimum Gasteiger partial charge on any atom is -0.388 e. The minimum atomic E-state index is -1.40. The second kappa shape index (κ2) is 7.66. The quantitative estimate of drug-likeness (QED) is 0.570. The van der Waals surface area contributed by atoms with E-state index in [9.17, 15) is 20.1 Å². The number of benzene rings is 1. The summed E-state index contributed by atoms with van der Waals surface area (Å²) in [5.41, 5.74) is 0.481. The number of rotatable bonds is 5. The molecule has 4 N–H and O–H groups in total. The maximum Gasteiger partial charge on any atom is 0.251 e. The molecular formula is C15H21NO6. The van der Waals surface area contributed by atoms with Gasteiger partial charge in [-0.05, 0) is 19.1 Å². The van der Waals surface area contributed by atoms with E-state index in [0.29, 0.717) is 5.56 Å². The zero-order valence-electron chi connectivity index (χ0n) is 12.3. The Morgan fingerprint density at radius 3 is 2.50 bits per heavy atom. The molecule has 0 radical (unpaired) electrons. The average Bonchev–Trinajstić information content (AvgIpc) is 2.55. The Morgan fingerprint density at radius 2 is 1.86 bits per heavy atom. The molecule has 0 aromatic heterocycles. The maximum absolute atomic E-state index is 12.0. The third-order valence-corrected chi connectivity index (χ3v) is 3.50. The first-order valence-electron chi connectivity index (χ1n) is 7.19. The van der Waals surface area contributed by atoms with E-state index in [4.69, 9.17) is 9.47 Å². The molecule has 1 aliphatic rings. The summed E-state index contributed by atoms with van der Waals surface area (Å²) in [6, 6.07) is 8.61. The number of hydrogen-bond donors (Lipinski definition) is 4. The normalized spacial score (nSPS) is 31.7. The zero-order valence-corrected chi connectivity index (χ0v) is 12.3. The van der Waals surface area contributed by atoms with Gasteiger partial charge in [0.15, 0.2) is 6.29 Å². The lowest BCUT2D eigenvalue weighted by Gasteiger charge is -2.40. The van der Waals surface area contributed by atoms with Crippen molar-refractivity contribution in [2.45, 2.75) is 37.6 Å². The number of aliphatic hydroxyl groups excluding tert-OH is 3. The molecule has 0 aliphatic carbocycles. The Hall–Kier alpha value is -1.51. The predicted molar refractivity (Wildman–Crippen MR) is 77.1 cm³/mol. The number of aliphatic hydroxyl groups is 3. The fourth-order valence-corrected chi connectivity index (χ4v) is 2.27.